The molecule has 0 saturated carbocycles. The van der Waals surface area contributed by atoms with Crippen molar-refractivity contribution in [2.24, 2.45) is 0 Å². The number of anilines is 1. The van der Waals surface area contributed by atoms with Crippen molar-refractivity contribution in [2.75, 3.05) is 25.0 Å². The number of aliphatic hydroxyl groups excluding tert-OH is 1. The number of amides is 2. The van der Waals surface area contributed by atoms with Gasteiger partial charge in [0.05, 0.1) is 24.9 Å². The molecule has 2 heterocycles. The fourth-order valence-corrected chi connectivity index (χ4v) is 3.97. The molecule has 2 aliphatic heterocycles. The van der Waals surface area contributed by atoms with E-state index in [-0.39, 0.29) is 12.1 Å². The van der Waals surface area contributed by atoms with Gasteiger partial charge in [0.2, 0.25) is 0 Å². The molecule has 2 aromatic carbocycles. The number of rotatable bonds is 6. The number of hydrogen-bond donors (Lipinski definition) is 4. The van der Waals surface area contributed by atoms with Gasteiger partial charge in [-0.2, -0.15) is 0 Å². The minimum atomic E-state index is -0.616. The van der Waals surface area contributed by atoms with Crippen LogP contribution in [0.1, 0.15) is 29.2 Å². The van der Waals surface area contributed by atoms with Crippen LogP contribution in [-0.4, -0.2) is 48.8 Å². The fourth-order valence-electron chi connectivity index (χ4n) is 3.97. The molecule has 0 radical (unpaired) electrons. The number of benzene rings is 2. The lowest BCUT2D eigenvalue weighted by Gasteiger charge is -2.40. The van der Waals surface area contributed by atoms with E-state index in [0.717, 1.165) is 28.8 Å². The molecule has 2 amide bonds. The van der Waals surface area contributed by atoms with Gasteiger partial charge in [0.25, 0.3) is 0 Å². The molecular formula is C23H27N3O4. The van der Waals surface area contributed by atoms with Gasteiger partial charge in [-0.15, -0.1) is 0 Å². The van der Waals surface area contributed by atoms with Gasteiger partial charge in [0.15, 0.2) is 0 Å². The molecule has 158 valence electrons. The first-order valence-electron chi connectivity index (χ1n) is 10.4. The van der Waals surface area contributed by atoms with Crippen molar-refractivity contribution >= 4 is 17.5 Å². The third-order valence-corrected chi connectivity index (χ3v) is 5.65. The maximum absolute atomic E-state index is 12.0. The molecule has 0 unspecified atom stereocenters. The van der Waals surface area contributed by atoms with Crippen LogP contribution in [0.4, 0.5) is 5.69 Å². The van der Waals surface area contributed by atoms with Crippen LogP contribution in [0.5, 0.6) is 0 Å². The van der Waals surface area contributed by atoms with E-state index >= 15 is 0 Å². The molecule has 0 aliphatic carbocycles. The highest BCUT2D eigenvalue weighted by atomic mass is 16.5. The Morgan fingerprint density at radius 1 is 1.00 bits per heavy atom. The number of aliphatic hydroxyl groups is 1. The normalized spacial score (nSPS) is 21.8. The third-order valence-electron chi connectivity index (χ3n) is 5.65. The van der Waals surface area contributed by atoms with Gasteiger partial charge in [-0.05, 0) is 30.0 Å². The maximum Gasteiger partial charge on any atom is 0.309 e. The van der Waals surface area contributed by atoms with E-state index in [1.165, 1.54) is 0 Å². The lowest BCUT2D eigenvalue weighted by atomic mass is 9.89. The van der Waals surface area contributed by atoms with E-state index < -0.39 is 17.9 Å². The molecule has 2 bridgehead atoms. The number of nitrogens with one attached hydrogen (secondary N) is 3. The van der Waals surface area contributed by atoms with Gasteiger partial charge in [-0.1, -0.05) is 42.5 Å². The zero-order valence-electron chi connectivity index (χ0n) is 16.8. The Labute approximate surface area is 175 Å². The van der Waals surface area contributed by atoms with Crippen LogP contribution in [0.2, 0.25) is 0 Å². The van der Waals surface area contributed by atoms with Crippen LogP contribution in [0.25, 0.3) is 0 Å². The molecule has 0 aromatic heterocycles. The Morgan fingerprint density at radius 2 is 1.70 bits per heavy atom. The van der Waals surface area contributed by atoms with E-state index in [1.807, 2.05) is 42.5 Å². The van der Waals surface area contributed by atoms with E-state index in [1.54, 1.807) is 0 Å². The van der Waals surface area contributed by atoms with Crippen molar-refractivity contribution in [3.8, 4) is 0 Å². The van der Waals surface area contributed by atoms with Gasteiger partial charge >= 0.3 is 11.8 Å². The van der Waals surface area contributed by atoms with Crippen LogP contribution in [0.15, 0.2) is 48.5 Å². The Kier molecular flexibility index (Phi) is 6.30. The minimum Gasteiger partial charge on any atom is -0.389 e. The summed E-state index contributed by atoms with van der Waals surface area (Å²) >= 11 is 0. The number of carbonyl (C=O) groups excluding carboxylic acids is 2. The highest BCUT2D eigenvalue weighted by Crippen LogP contribution is 2.39. The highest BCUT2D eigenvalue weighted by molar-refractivity contribution is 6.35. The Hall–Kier alpha value is -2.90. The second-order valence-corrected chi connectivity index (χ2v) is 7.79. The van der Waals surface area contributed by atoms with E-state index in [0.29, 0.717) is 32.5 Å². The summed E-state index contributed by atoms with van der Waals surface area (Å²) in [5.74, 6) is -1.23. The van der Waals surface area contributed by atoms with Gasteiger partial charge in [0.1, 0.15) is 0 Å². The lowest BCUT2D eigenvalue weighted by Crippen LogP contribution is -2.46. The zero-order valence-corrected chi connectivity index (χ0v) is 16.8. The monoisotopic (exact) mass is 409 g/mol. The van der Waals surface area contributed by atoms with Crippen molar-refractivity contribution in [3.63, 3.8) is 0 Å². The Balaban J connectivity index is 1.22. The van der Waals surface area contributed by atoms with Crippen molar-refractivity contribution in [3.05, 3.63) is 65.2 Å². The van der Waals surface area contributed by atoms with Crippen LogP contribution in [0.3, 0.4) is 0 Å². The summed E-state index contributed by atoms with van der Waals surface area (Å²) in [7, 11) is 0. The van der Waals surface area contributed by atoms with Crippen LogP contribution >= 0.6 is 0 Å². The minimum absolute atomic E-state index is 0.0143. The topological polar surface area (TPSA) is 99.7 Å². The average Bonchev–Trinajstić information content (AvgIpc) is 2.77. The molecular weight excluding hydrogens is 382 g/mol. The molecule has 30 heavy (non-hydrogen) atoms. The van der Waals surface area contributed by atoms with E-state index in [2.05, 4.69) is 22.0 Å². The van der Waals surface area contributed by atoms with Crippen LogP contribution in [-0.2, 0) is 27.2 Å². The van der Waals surface area contributed by atoms with Gasteiger partial charge < -0.3 is 25.8 Å². The molecule has 4 rings (SSSR count). The second-order valence-electron chi connectivity index (χ2n) is 7.79. The standard InChI is InChI=1S/C23H27N3O4/c27-20-14-30-21-13-19(20)26-18-7-6-16(12-17(18)21)9-11-25-23(29)22(28)24-10-8-15-4-2-1-3-5-15/h1-7,12,19-21,26-27H,8-11,13-14H2,(H,24,28)(H,25,29)/t19-,20-,21-/m1/s1. The summed E-state index contributed by atoms with van der Waals surface area (Å²) in [6, 6.07) is 15.9. The highest BCUT2D eigenvalue weighted by Gasteiger charge is 2.36. The summed E-state index contributed by atoms with van der Waals surface area (Å²) in [6.45, 7) is 1.14. The number of hydrogen-bond acceptors (Lipinski definition) is 5. The van der Waals surface area contributed by atoms with Gasteiger partial charge in [-0.3, -0.25) is 9.59 Å². The molecule has 7 heteroatoms. The first kappa shape index (κ1) is 20.4. The average molecular weight is 409 g/mol. The molecule has 2 aromatic rings. The van der Waals surface area contributed by atoms with Crippen molar-refractivity contribution < 1.29 is 19.4 Å². The molecule has 2 aliphatic rings. The number of carbonyl (C=O) groups is 2. The van der Waals surface area contributed by atoms with Crippen molar-refractivity contribution in [1.82, 2.24) is 10.6 Å². The summed E-state index contributed by atoms with van der Waals surface area (Å²) < 4.78 is 5.77. The summed E-state index contributed by atoms with van der Waals surface area (Å²) in [5, 5.41) is 18.7. The molecule has 1 fully saturated rings. The maximum atomic E-state index is 12.0. The molecule has 4 N–H and O–H groups in total. The first-order chi connectivity index (χ1) is 14.6. The molecule has 1 saturated heterocycles. The number of fused-ring (bicyclic) bond motifs is 4. The van der Waals surface area contributed by atoms with Gasteiger partial charge in [-0.25, -0.2) is 0 Å². The summed E-state index contributed by atoms with van der Waals surface area (Å²) in [6.07, 6.45) is 1.55. The van der Waals surface area contributed by atoms with Crippen LogP contribution < -0.4 is 16.0 Å². The van der Waals surface area contributed by atoms with E-state index in [4.69, 9.17) is 4.74 Å². The number of ether oxygens (including phenoxy) is 1. The predicted octanol–water partition coefficient (Wildman–Crippen LogP) is 1.32. The largest absolute Gasteiger partial charge is 0.389 e. The fraction of sp³-hybridized carbons (Fsp3) is 0.391. The molecule has 7 nitrogen and oxygen atoms in total. The molecule has 3 atom stereocenters. The summed E-state index contributed by atoms with van der Waals surface area (Å²) in [4.78, 5) is 23.9. The van der Waals surface area contributed by atoms with Crippen molar-refractivity contribution in [2.45, 2.75) is 37.5 Å². The smallest absolute Gasteiger partial charge is 0.309 e. The van der Waals surface area contributed by atoms with Gasteiger partial charge in [0, 0.05) is 30.8 Å². The lowest BCUT2D eigenvalue weighted by molar-refractivity contribution is -0.139. The Morgan fingerprint density at radius 3 is 2.43 bits per heavy atom. The zero-order chi connectivity index (χ0) is 20.9. The quantitative estimate of drug-likeness (QED) is 0.540. The SMILES string of the molecule is O=C(NCCc1ccccc1)C(=O)NCCc1ccc2c(c1)[C@H]1C[C@@H](N2)[C@H](O)CO1. The van der Waals surface area contributed by atoms with E-state index in [9.17, 15) is 14.7 Å². The molecule has 0 spiro atoms. The first-order valence-corrected chi connectivity index (χ1v) is 10.4. The summed E-state index contributed by atoms with van der Waals surface area (Å²) in [5.41, 5.74) is 4.25. The second kappa shape index (κ2) is 9.28. The van der Waals surface area contributed by atoms with Crippen molar-refractivity contribution in [1.29, 1.82) is 0 Å². The Bertz CT molecular complexity index is 903. The third kappa shape index (κ3) is 4.80. The van der Waals surface area contributed by atoms with Crippen LogP contribution in [0, 0.1) is 0 Å². The predicted molar refractivity (Wildman–Crippen MR) is 113 cm³/mol.